The number of nitrogens with zero attached hydrogens (tertiary/aromatic N) is 2. The van der Waals surface area contributed by atoms with Gasteiger partial charge in [0.1, 0.15) is 0 Å². The van der Waals surface area contributed by atoms with Gasteiger partial charge in [-0.3, -0.25) is 4.79 Å². The smallest absolute Gasteiger partial charge is 0.229 e. The summed E-state index contributed by atoms with van der Waals surface area (Å²) in [6.45, 7) is 4.67. The molecular formula is C11H17N3O2S2. The summed E-state index contributed by atoms with van der Waals surface area (Å²) < 4.78 is 6.47. The summed E-state index contributed by atoms with van der Waals surface area (Å²) in [5, 5.41) is 11.3. The zero-order valence-electron chi connectivity index (χ0n) is 10.7. The molecule has 0 aliphatic carbocycles. The molecule has 1 atom stereocenters. The Morgan fingerprint density at radius 1 is 1.56 bits per heavy atom. The number of anilines is 1. The van der Waals surface area contributed by atoms with Crippen LogP contribution in [-0.2, 0) is 9.53 Å². The first kappa shape index (κ1) is 13.8. The second-order valence-electron chi connectivity index (χ2n) is 4.86. The van der Waals surface area contributed by atoms with Gasteiger partial charge in [-0.1, -0.05) is 23.1 Å². The first-order chi connectivity index (χ1) is 8.50. The minimum Gasteiger partial charge on any atom is -0.376 e. The molecule has 7 heteroatoms. The van der Waals surface area contributed by atoms with Crippen LogP contribution in [0.25, 0.3) is 0 Å². The van der Waals surface area contributed by atoms with Crippen molar-refractivity contribution in [3.05, 3.63) is 0 Å². The van der Waals surface area contributed by atoms with E-state index in [0.717, 1.165) is 17.2 Å². The summed E-state index contributed by atoms with van der Waals surface area (Å²) >= 11 is 2.93. The largest absolute Gasteiger partial charge is 0.376 e. The second kappa shape index (κ2) is 5.54. The van der Waals surface area contributed by atoms with Crippen molar-refractivity contribution < 1.29 is 9.53 Å². The van der Waals surface area contributed by atoms with Crippen molar-refractivity contribution in [2.45, 2.75) is 36.6 Å². The standard InChI is InChI=1S/C11H17N3O2S2/c1-11(2)6-7(4-5-16-11)8(15)12-9-13-14-10(17-3)18-9/h7H,4-6H2,1-3H3,(H,12,13,15). The summed E-state index contributed by atoms with van der Waals surface area (Å²) in [5.41, 5.74) is -0.216. The Morgan fingerprint density at radius 3 is 2.94 bits per heavy atom. The minimum absolute atomic E-state index is 0.00428. The highest BCUT2D eigenvalue weighted by atomic mass is 32.2. The fourth-order valence-corrected chi connectivity index (χ4v) is 3.18. The predicted octanol–water partition coefficient (Wildman–Crippen LogP) is 2.40. The van der Waals surface area contributed by atoms with Crippen LogP contribution < -0.4 is 5.32 Å². The molecule has 1 unspecified atom stereocenters. The van der Waals surface area contributed by atoms with Crippen LogP contribution in [0.2, 0.25) is 0 Å². The number of carbonyl (C=O) groups excluding carboxylic acids is 1. The maximum Gasteiger partial charge on any atom is 0.229 e. The highest BCUT2D eigenvalue weighted by Gasteiger charge is 2.33. The fraction of sp³-hybridized carbons (Fsp3) is 0.727. The van der Waals surface area contributed by atoms with E-state index >= 15 is 0 Å². The molecule has 0 bridgehead atoms. The lowest BCUT2D eigenvalue weighted by molar-refractivity contribution is -0.130. The third-order valence-corrected chi connectivity index (χ3v) is 4.69. The lowest BCUT2D eigenvalue weighted by atomic mass is 9.88. The van der Waals surface area contributed by atoms with Crippen LogP contribution in [-0.4, -0.2) is 34.6 Å². The van der Waals surface area contributed by atoms with E-state index < -0.39 is 0 Å². The Kier molecular flexibility index (Phi) is 4.24. The quantitative estimate of drug-likeness (QED) is 0.683. The van der Waals surface area contributed by atoms with Crippen molar-refractivity contribution >= 4 is 34.1 Å². The minimum atomic E-state index is -0.216. The molecule has 5 nitrogen and oxygen atoms in total. The molecule has 1 fully saturated rings. The fourth-order valence-electron chi connectivity index (χ4n) is 2.01. The number of hydrogen-bond acceptors (Lipinski definition) is 6. The third kappa shape index (κ3) is 3.43. The van der Waals surface area contributed by atoms with Gasteiger partial charge in [0, 0.05) is 12.5 Å². The first-order valence-electron chi connectivity index (χ1n) is 5.82. The van der Waals surface area contributed by atoms with Crippen molar-refractivity contribution in [2.24, 2.45) is 5.92 Å². The van der Waals surface area contributed by atoms with Crippen molar-refractivity contribution in [2.75, 3.05) is 18.2 Å². The zero-order valence-corrected chi connectivity index (χ0v) is 12.4. The number of aromatic nitrogens is 2. The van der Waals surface area contributed by atoms with E-state index in [-0.39, 0.29) is 17.4 Å². The maximum absolute atomic E-state index is 12.1. The Hall–Kier alpha value is -0.660. The Morgan fingerprint density at radius 2 is 2.33 bits per heavy atom. The molecule has 0 aromatic carbocycles. The van der Waals surface area contributed by atoms with Crippen molar-refractivity contribution in [3.63, 3.8) is 0 Å². The monoisotopic (exact) mass is 287 g/mol. The van der Waals surface area contributed by atoms with Crippen LogP contribution >= 0.6 is 23.1 Å². The van der Waals surface area contributed by atoms with Gasteiger partial charge >= 0.3 is 0 Å². The highest BCUT2D eigenvalue weighted by Crippen LogP contribution is 2.30. The second-order valence-corrected chi connectivity index (χ2v) is 6.90. The zero-order chi connectivity index (χ0) is 13.2. The molecule has 1 N–H and O–H groups in total. The third-order valence-electron chi connectivity index (χ3n) is 2.88. The van der Waals surface area contributed by atoms with Gasteiger partial charge in [-0.15, -0.1) is 10.2 Å². The van der Waals surface area contributed by atoms with Gasteiger partial charge in [-0.25, -0.2) is 0 Å². The van der Waals surface area contributed by atoms with E-state index in [4.69, 9.17) is 4.74 Å². The van der Waals surface area contributed by atoms with Crippen molar-refractivity contribution in [1.82, 2.24) is 10.2 Å². The number of thioether (sulfide) groups is 1. The normalized spacial score (nSPS) is 22.7. The molecule has 1 aliphatic heterocycles. The van der Waals surface area contributed by atoms with Gasteiger partial charge in [0.05, 0.1) is 5.60 Å². The molecule has 2 heterocycles. The topological polar surface area (TPSA) is 64.1 Å². The Balaban J connectivity index is 1.95. The van der Waals surface area contributed by atoms with Gasteiger partial charge in [0.15, 0.2) is 4.34 Å². The number of amides is 1. The van der Waals surface area contributed by atoms with Crippen molar-refractivity contribution in [3.8, 4) is 0 Å². The SMILES string of the molecule is CSc1nnc(NC(=O)C2CCOC(C)(C)C2)s1. The van der Waals surface area contributed by atoms with Gasteiger partial charge in [-0.05, 0) is 32.9 Å². The van der Waals surface area contributed by atoms with E-state index in [0.29, 0.717) is 11.7 Å². The molecule has 0 spiro atoms. The number of nitrogens with one attached hydrogen (secondary N) is 1. The van der Waals surface area contributed by atoms with Gasteiger partial charge in [-0.2, -0.15) is 0 Å². The van der Waals surface area contributed by atoms with Gasteiger partial charge < -0.3 is 10.1 Å². The average molecular weight is 287 g/mol. The van der Waals surface area contributed by atoms with Crippen LogP contribution in [0.5, 0.6) is 0 Å². The summed E-state index contributed by atoms with van der Waals surface area (Å²) in [5.74, 6) is 0.0190. The van der Waals surface area contributed by atoms with Gasteiger partial charge in [0.25, 0.3) is 0 Å². The van der Waals surface area contributed by atoms with E-state index in [2.05, 4.69) is 15.5 Å². The van der Waals surface area contributed by atoms with Crippen LogP contribution in [0.15, 0.2) is 4.34 Å². The Labute approximate surface area is 115 Å². The Bertz CT molecular complexity index is 434. The summed E-state index contributed by atoms with van der Waals surface area (Å²) in [4.78, 5) is 12.1. The molecule has 1 aliphatic rings. The van der Waals surface area contributed by atoms with E-state index in [9.17, 15) is 4.79 Å². The molecule has 1 saturated heterocycles. The van der Waals surface area contributed by atoms with Crippen LogP contribution in [0.1, 0.15) is 26.7 Å². The molecule has 100 valence electrons. The van der Waals surface area contributed by atoms with E-state index in [1.54, 1.807) is 0 Å². The lowest BCUT2D eigenvalue weighted by Gasteiger charge is -2.34. The number of carbonyl (C=O) groups is 1. The van der Waals surface area contributed by atoms with E-state index in [1.165, 1.54) is 23.1 Å². The van der Waals surface area contributed by atoms with Gasteiger partial charge in [0.2, 0.25) is 11.0 Å². The first-order valence-corrected chi connectivity index (χ1v) is 7.86. The highest BCUT2D eigenvalue weighted by molar-refractivity contribution is 8.00. The number of ether oxygens (including phenoxy) is 1. The molecule has 1 aromatic rings. The maximum atomic E-state index is 12.1. The van der Waals surface area contributed by atoms with Crippen LogP contribution in [0.4, 0.5) is 5.13 Å². The molecule has 1 aromatic heterocycles. The number of rotatable bonds is 3. The molecular weight excluding hydrogens is 270 g/mol. The summed E-state index contributed by atoms with van der Waals surface area (Å²) in [7, 11) is 0. The summed E-state index contributed by atoms with van der Waals surface area (Å²) in [6, 6.07) is 0. The van der Waals surface area contributed by atoms with Crippen LogP contribution in [0.3, 0.4) is 0 Å². The molecule has 0 saturated carbocycles. The average Bonchev–Trinajstić information content (AvgIpc) is 2.75. The van der Waals surface area contributed by atoms with Crippen LogP contribution in [0, 0.1) is 5.92 Å². The van der Waals surface area contributed by atoms with Crippen molar-refractivity contribution in [1.29, 1.82) is 0 Å². The molecule has 2 rings (SSSR count). The number of hydrogen-bond donors (Lipinski definition) is 1. The summed E-state index contributed by atoms with van der Waals surface area (Å²) in [6.07, 6.45) is 3.45. The molecule has 1 amide bonds. The molecule has 18 heavy (non-hydrogen) atoms. The molecule has 0 radical (unpaired) electrons. The predicted molar refractivity (Wildman–Crippen MR) is 73.1 cm³/mol. The lowest BCUT2D eigenvalue weighted by Crippen LogP contribution is -2.39. The van der Waals surface area contributed by atoms with E-state index in [1.807, 2.05) is 20.1 Å².